The van der Waals surface area contributed by atoms with Gasteiger partial charge in [0.15, 0.2) is 5.96 Å². The molecule has 120 valence electrons. The molecule has 0 aromatic carbocycles. The number of nitrogens with zero attached hydrogens (tertiary/aromatic N) is 2. The van der Waals surface area contributed by atoms with Crippen LogP contribution >= 0.6 is 22.7 Å². The summed E-state index contributed by atoms with van der Waals surface area (Å²) in [6.45, 7) is 6.09. The molecule has 1 atom stereocenters. The van der Waals surface area contributed by atoms with Gasteiger partial charge in [-0.25, -0.2) is 4.98 Å². The molecule has 0 saturated carbocycles. The van der Waals surface area contributed by atoms with E-state index in [1.54, 1.807) is 22.7 Å². The average molecular weight is 337 g/mol. The first-order valence-electron chi connectivity index (χ1n) is 7.62. The van der Waals surface area contributed by atoms with Crippen LogP contribution in [0, 0.1) is 0 Å². The largest absolute Gasteiger partial charge is 0.356 e. The highest BCUT2D eigenvalue weighted by atomic mass is 32.1. The molecule has 4 nitrogen and oxygen atoms in total. The van der Waals surface area contributed by atoms with Gasteiger partial charge in [0.2, 0.25) is 0 Å². The van der Waals surface area contributed by atoms with E-state index in [4.69, 9.17) is 0 Å². The molecule has 2 N–H and O–H groups in total. The number of aromatic nitrogens is 1. The first-order chi connectivity index (χ1) is 10.7. The molecule has 2 heterocycles. The third-order valence-corrected chi connectivity index (χ3v) is 5.23. The highest BCUT2D eigenvalue weighted by Crippen LogP contribution is 2.17. The Morgan fingerprint density at radius 1 is 1.36 bits per heavy atom. The molecule has 0 amide bonds. The van der Waals surface area contributed by atoms with Crippen LogP contribution in [0.2, 0.25) is 0 Å². The molecule has 1 unspecified atom stereocenters. The van der Waals surface area contributed by atoms with Crippen LogP contribution < -0.4 is 10.6 Å². The third-order valence-electron chi connectivity index (χ3n) is 3.49. The summed E-state index contributed by atoms with van der Waals surface area (Å²) in [5.74, 6) is 1.34. The summed E-state index contributed by atoms with van der Waals surface area (Å²) in [7, 11) is 1.81. The van der Waals surface area contributed by atoms with E-state index in [0.717, 1.165) is 37.6 Å². The summed E-state index contributed by atoms with van der Waals surface area (Å²) < 4.78 is 0. The van der Waals surface area contributed by atoms with Crippen molar-refractivity contribution in [2.75, 3.05) is 20.1 Å². The van der Waals surface area contributed by atoms with Crippen molar-refractivity contribution in [2.45, 2.75) is 32.6 Å². The van der Waals surface area contributed by atoms with Crippen LogP contribution in [0.15, 0.2) is 27.2 Å². The lowest BCUT2D eigenvalue weighted by Crippen LogP contribution is -2.39. The average Bonchev–Trinajstić information content (AvgIpc) is 3.21. The summed E-state index contributed by atoms with van der Waals surface area (Å²) in [6, 6.07) is 2.18. The van der Waals surface area contributed by atoms with Crippen molar-refractivity contribution >= 4 is 28.6 Å². The SMILES string of the molecule is CCc1nc(CCNC(=NC)NCC(C)c2ccsc2)cs1. The summed E-state index contributed by atoms with van der Waals surface area (Å²) in [5.41, 5.74) is 2.54. The van der Waals surface area contributed by atoms with Crippen molar-refractivity contribution in [2.24, 2.45) is 4.99 Å². The topological polar surface area (TPSA) is 49.3 Å². The van der Waals surface area contributed by atoms with Gasteiger partial charge < -0.3 is 10.6 Å². The van der Waals surface area contributed by atoms with Crippen molar-refractivity contribution in [1.29, 1.82) is 0 Å². The second kappa shape index (κ2) is 8.90. The minimum Gasteiger partial charge on any atom is -0.356 e. The number of rotatable bonds is 7. The third kappa shape index (κ3) is 5.10. The molecule has 2 aromatic rings. The standard InChI is InChI=1S/C16H24N4S2/c1-4-15-20-14(11-22-15)5-7-18-16(17-3)19-9-12(2)13-6-8-21-10-13/h6,8,10-12H,4-5,7,9H2,1-3H3,(H2,17,18,19). The molecule has 22 heavy (non-hydrogen) atoms. The maximum atomic E-state index is 4.58. The Hall–Kier alpha value is -1.40. The van der Waals surface area contributed by atoms with Gasteiger partial charge >= 0.3 is 0 Å². The smallest absolute Gasteiger partial charge is 0.191 e. The Kier molecular flexibility index (Phi) is 6.86. The molecule has 0 aliphatic carbocycles. The number of aliphatic imine (C=N–C) groups is 1. The molecular formula is C16H24N4S2. The molecule has 0 aliphatic rings. The fourth-order valence-electron chi connectivity index (χ4n) is 2.08. The number of thiophene rings is 1. The van der Waals surface area contributed by atoms with Crippen LogP contribution in [0.4, 0.5) is 0 Å². The number of hydrogen-bond donors (Lipinski definition) is 2. The first kappa shape index (κ1) is 17.0. The quantitative estimate of drug-likeness (QED) is 0.602. The second-order valence-corrected chi connectivity index (χ2v) is 6.90. The van der Waals surface area contributed by atoms with Gasteiger partial charge in [-0.3, -0.25) is 4.99 Å². The van der Waals surface area contributed by atoms with Crippen molar-refractivity contribution in [3.63, 3.8) is 0 Å². The lowest BCUT2D eigenvalue weighted by molar-refractivity contribution is 0.698. The van der Waals surface area contributed by atoms with E-state index in [0.29, 0.717) is 5.92 Å². The summed E-state index contributed by atoms with van der Waals surface area (Å²) >= 11 is 3.49. The maximum Gasteiger partial charge on any atom is 0.191 e. The Balaban J connectivity index is 1.71. The zero-order chi connectivity index (χ0) is 15.8. The first-order valence-corrected chi connectivity index (χ1v) is 9.45. The van der Waals surface area contributed by atoms with Gasteiger partial charge in [0.1, 0.15) is 0 Å². The molecule has 0 spiro atoms. The molecule has 0 saturated heterocycles. The second-order valence-electron chi connectivity index (χ2n) is 5.17. The zero-order valence-corrected chi connectivity index (χ0v) is 15.1. The predicted octanol–water partition coefficient (Wildman–Crippen LogP) is 3.28. The van der Waals surface area contributed by atoms with E-state index in [2.05, 4.69) is 56.7 Å². The molecule has 0 fully saturated rings. The summed E-state index contributed by atoms with van der Waals surface area (Å²) in [5, 5.41) is 14.4. The van der Waals surface area contributed by atoms with Crippen LogP contribution in [0.5, 0.6) is 0 Å². The van der Waals surface area contributed by atoms with Crippen LogP contribution in [0.25, 0.3) is 0 Å². The Morgan fingerprint density at radius 3 is 2.86 bits per heavy atom. The van der Waals surface area contributed by atoms with E-state index in [1.807, 2.05) is 7.05 Å². The fourth-order valence-corrected chi connectivity index (χ4v) is 3.64. The minimum atomic E-state index is 0.482. The lowest BCUT2D eigenvalue weighted by atomic mass is 10.1. The Morgan fingerprint density at radius 2 is 2.23 bits per heavy atom. The molecule has 0 bridgehead atoms. The summed E-state index contributed by atoms with van der Waals surface area (Å²) in [4.78, 5) is 8.85. The number of guanidine groups is 1. The fraction of sp³-hybridized carbons (Fsp3) is 0.500. The van der Waals surface area contributed by atoms with E-state index in [9.17, 15) is 0 Å². The zero-order valence-electron chi connectivity index (χ0n) is 13.4. The number of hydrogen-bond acceptors (Lipinski definition) is 4. The highest BCUT2D eigenvalue weighted by Gasteiger charge is 2.07. The van der Waals surface area contributed by atoms with Crippen LogP contribution in [0.1, 0.15) is 36.0 Å². The molecular weight excluding hydrogens is 312 g/mol. The lowest BCUT2D eigenvalue weighted by Gasteiger charge is -2.15. The van der Waals surface area contributed by atoms with Gasteiger partial charge in [0, 0.05) is 31.9 Å². The van der Waals surface area contributed by atoms with Gasteiger partial charge in [0.25, 0.3) is 0 Å². The van der Waals surface area contributed by atoms with Crippen molar-refractivity contribution < 1.29 is 0 Å². The van der Waals surface area contributed by atoms with Gasteiger partial charge in [0.05, 0.1) is 10.7 Å². The number of aryl methyl sites for hydroxylation is 1. The summed E-state index contributed by atoms with van der Waals surface area (Å²) in [6.07, 6.45) is 1.94. The molecule has 0 radical (unpaired) electrons. The predicted molar refractivity (Wildman–Crippen MR) is 97.3 cm³/mol. The highest BCUT2D eigenvalue weighted by molar-refractivity contribution is 7.09. The van der Waals surface area contributed by atoms with Crippen molar-refractivity contribution in [1.82, 2.24) is 15.6 Å². The van der Waals surface area contributed by atoms with E-state index in [-0.39, 0.29) is 0 Å². The van der Waals surface area contributed by atoms with Gasteiger partial charge in [-0.05, 0) is 34.7 Å². The maximum absolute atomic E-state index is 4.58. The minimum absolute atomic E-state index is 0.482. The van der Waals surface area contributed by atoms with Crippen LogP contribution in [0.3, 0.4) is 0 Å². The van der Waals surface area contributed by atoms with Gasteiger partial charge in [-0.15, -0.1) is 11.3 Å². The number of thiazole rings is 1. The Bertz CT molecular complexity index is 575. The number of nitrogens with one attached hydrogen (secondary N) is 2. The Labute approximate surface area is 140 Å². The molecule has 0 aliphatic heterocycles. The van der Waals surface area contributed by atoms with Crippen LogP contribution in [-0.2, 0) is 12.8 Å². The normalized spacial score (nSPS) is 13.1. The van der Waals surface area contributed by atoms with Crippen molar-refractivity contribution in [3.8, 4) is 0 Å². The van der Waals surface area contributed by atoms with Crippen molar-refractivity contribution in [3.05, 3.63) is 38.5 Å². The molecule has 2 aromatic heterocycles. The van der Waals surface area contributed by atoms with Gasteiger partial charge in [-0.2, -0.15) is 11.3 Å². The van der Waals surface area contributed by atoms with Crippen LogP contribution in [-0.4, -0.2) is 31.1 Å². The molecule has 2 rings (SSSR count). The van der Waals surface area contributed by atoms with E-state index < -0.39 is 0 Å². The molecule has 6 heteroatoms. The van der Waals surface area contributed by atoms with E-state index in [1.165, 1.54) is 10.6 Å². The van der Waals surface area contributed by atoms with Gasteiger partial charge in [-0.1, -0.05) is 13.8 Å². The monoisotopic (exact) mass is 336 g/mol. The van der Waals surface area contributed by atoms with E-state index >= 15 is 0 Å².